The van der Waals surface area contributed by atoms with Crippen molar-refractivity contribution in [1.29, 1.82) is 0 Å². The van der Waals surface area contributed by atoms with Crippen LogP contribution in [0.2, 0.25) is 0 Å². The van der Waals surface area contributed by atoms with Crippen LogP contribution in [0.5, 0.6) is 0 Å². The van der Waals surface area contributed by atoms with Gasteiger partial charge < -0.3 is 15.0 Å². The molecule has 1 aromatic rings. The van der Waals surface area contributed by atoms with Crippen LogP contribution in [0.15, 0.2) is 30.3 Å². The number of carbonyl (C=O) groups excluding carboxylic acids is 2. The molecule has 0 bridgehead atoms. The van der Waals surface area contributed by atoms with Gasteiger partial charge in [0.25, 0.3) is 5.91 Å². The second-order valence-electron chi connectivity index (χ2n) is 5.55. The first-order chi connectivity index (χ1) is 11.1. The normalized spacial score (nSPS) is 17.4. The van der Waals surface area contributed by atoms with Crippen LogP contribution in [0, 0.1) is 0 Å². The molecule has 124 valence electrons. The molecule has 1 aromatic carbocycles. The first-order valence-corrected chi connectivity index (χ1v) is 8.04. The Kier molecular flexibility index (Phi) is 6.35. The van der Waals surface area contributed by atoms with Crippen molar-refractivity contribution in [2.45, 2.75) is 25.9 Å². The van der Waals surface area contributed by atoms with E-state index >= 15 is 0 Å². The highest BCUT2D eigenvalue weighted by atomic mass is 16.5. The summed E-state index contributed by atoms with van der Waals surface area (Å²) in [5.41, 5.74) is 1.49. The van der Waals surface area contributed by atoms with Crippen molar-refractivity contribution in [3.05, 3.63) is 41.5 Å². The largest absolute Gasteiger partial charge is 0.376 e. The van der Waals surface area contributed by atoms with Crippen LogP contribution in [-0.4, -0.2) is 49.6 Å². The van der Waals surface area contributed by atoms with Gasteiger partial charge in [-0.25, -0.2) is 0 Å². The van der Waals surface area contributed by atoms with Gasteiger partial charge in [-0.2, -0.15) is 0 Å². The van der Waals surface area contributed by atoms with E-state index in [1.165, 1.54) is 0 Å². The van der Waals surface area contributed by atoms with Crippen molar-refractivity contribution in [1.82, 2.24) is 10.2 Å². The Morgan fingerprint density at radius 3 is 2.65 bits per heavy atom. The standard InChI is InChI=1S/C18H24N2O3/c1-3-20(13-16-5-4-12-23-16)17(21)11-8-14-6-9-15(10-7-14)18(22)19-2/h6-11,16H,3-5,12-13H2,1-2H3,(H,19,22). The van der Waals surface area contributed by atoms with E-state index in [4.69, 9.17) is 4.74 Å². The Morgan fingerprint density at radius 1 is 1.35 bits per heavy atom. The van der Waals surface area contributed by atoms with Crippen molar-refractivity contribution in [3.63, 3.8) is 0 Å². The molecule has 5 nitrogen and oxygen atoms in total. The van der Waals surface area contributed by atoms with E-state index in [1.807, 2.05) is 19.1 Å². The highest BCUT2D eigenvalue weighted by molar-refractivity contribution is 5.94. The van der Waals surface area contributed by atoms with Gasteiger partial charge in [0.2, 0.25) is 5.91 Å². The number of hydrogen-bond donors (Lipinski definition) is 1. The number of ether oxygens (including phenoxy) is 1. The zero-order chi connectivity index (χ0) is 16.7. The molecule has 1 fully saturated rings. The maximum Gasteiger partial charge on any atom is 0.251 e. The van der Waals surface area contributed by atoms with Crippen molar-refractivity contribution in [2.75, 3.05) is 26.7 Å². The van der Waals surface area contributed by atoms with Crippen LogP contribution < -0.4 is 5.32 Å². The van der Waals surface area contributed by atoms with Gasteiger partial charge in [-0.15, -0.1) is 0 Å². The first-order valence-electron chi connectivity index (χ1n) is 8.04. The van der Waals surface area contributed by atoms with E-state index < -0.39 is 0 Å². The van der Waals surface area contributed by atoms with Crippen molar-refractivity contribution < 1.29 is 14.3 Å². The van der Waals surface area contributed by atoms with Crippen molar-refractivity contribution in [2.24, 2.45) is 0 Å². The van der Waals surface area contributed by atoms with Gasteiger partial charge in [-0.1, -0.05) is 12.1 Å². The van der Waals surface area contributed by atoms with Crippen LogP contribution in [-0.2, 0) is 9.53 Å². The fourth-order valence-electron chi connectivity index (χ4n) is 2.57. The minimum absolute atomic E-state index is 0.0154. The molecule has 0 radical (unpaired) electrons. The molecule has 2 rings (SSSR count). The van der Waals surface area contributed by atoms with E-state index in [0.29, 0.717) is 18.7 Å². The van der Waals surface area contributed by atoms with Gasteiger partial charge in [0.1, 0.15) is 0 Å². The summed E-state index contributed by atoms with van der Waals surface area (Å²) in [5, 5.41) is 2.58. The molecule has 5 heteroatoms. The summed E-state index contributed by atoms with van der Waals surface area (Å²) in [6.45, 7) is 4.08. The Morgan fingerprint density at radius 2 is 2.09 bits per heavy atom. The Labute approximate surface area is 137 Å². The van der Waals surface area contributed by atoms with Crippen LogP contribution in [0.25, 0.3) is 6.08 Å². The van der Waals surface area contributed by atoms with E-state index in [2.05, 4.69) is 5.32 Å². The Hall–Kier alpha value is -2.14. The smallest absolute Gasteiger partial charge is 0.251 e. The fourth-order valence-corrected chi connectivity index (χ4v) is 2.57. The molecule has 23 heavy (non-hydrogen) atoms. The minimum atomic E-state index is -0.120. The molecule has 1 unspecified atom stereocenters. The third-order valence-electron chi connectivity index (χ3n) is 3.96. The van der Waals surface area contributed by atoms with Crippen LogP contribution >= 0.6 is 0 Å². The number of hydrogen-bond acceptors (Lipinski definition) is 3. The molecule has 1 aliphatic rings. The first kappa shape index (κ1) is 17.2. The number of nitrogens with one attached hydrogen (secondary N) is 1. The lowest BCUT2D eigenvalue weighted by Gasteiger charge is -2.22. The highest BCUT2D eigenvalue weighted by Crippen LogP contribution is 2.14. The summed E-state index contributed by atoms with van der Waals surface area (Å²) in [5.74, 6) is -0.135. The van der Waals surface area contributed by atoms with Crippen molar-refractivity contribution >= 4 is 17.9 Å². The summed E-state index contributed by atoms with van der Waals surface area (Å²) in [6.07, 6.45) is 5.61. The molecule has 0 aliphatic carbocycles. The Bertz CT molecular complexity index is 560. The quantitative estimate of drug-likeness (QED) is 0.818. The Balaban J connectivity index is 1.94. The van der Waals surface area contributed by atoms with Gasteiger partial charge in [0.15, 0.2) is 0 Å². The van der Waals surface area contributed by atoms with Gasteiger partial charge in [0, 0.05) is 38.4 Å². The maximum absolute atomic E-state index is 12.3. The lowest BCUT2D eigenvalue weighted by atomic mass is 10.1. The van der Waals surface area contributed by atoms with E-state index in [9.17, 15) is 9.59 Å². The van der Waals surface area contributed by atoms with Crippen LogP contribution in [0.4, 0.5) is 0 Å². The summed E-state index contributed by atoms with van der Waals surface area (Å²) >= 11 is 0. The number of likely N-dealkylation sites (N-methyl/N-ethyl adjacent to an activating group) is 1. The number of rotatable bonds is 6. The monoisotopic (exact) mass is 316 g/mol. The lowest BCUT2D eigenvalue weighted by Crippen LogP contribution is -2.36. The van der Waals surface area contributed by atoms with Crippen LogP contribution in [0.1, 0.15) is 35.7 Å². The molecule has 2 amide bonds. The average Bonchev–Trinajstić information content (AvgIpc) is 3.10. The fraction of sp³-hybridized carbons (Fsp3) is 0.444. The summed E-state index contributed by atoms with van der Waals surface area (Å²) in [6, 6.07) is 7.13. The number of carbonyl (C=O) groups is 2. The summed E-state index contributed by atoms with van der Waals surface area (Å²) in [4.78, 5) is 25.6. The molecule has 1 heterocycles. The molecule has 1 saturated heterocycles. The minimum Gasteiger partial charge on any atom is -0.376 e. The van der Waals surface area contributed by atoms with Gasteiger partial charge in [0.05, 0.1) is 6.10 Å². The third kappa shape index (κ3) is 4.93. The summed E-state index contributed by atoms with van der Waals surface area (Å²) in [7, 11) is 1.60. The van der Waals surface area contributed by atoms with Gasteiger partial charge in [-0.3, -0.25) is 9.59 Å². The molecule has 0 aromatic heterocycles. The molecule has 0 saturated carbocycles. The molecular formula is C18H24N2O3. The van der Waals surface area contributed by atoms with E-state index in [-0.39, 0.29) is 17.9 Å². The third-order valence-corrected chi connectivity index (χ3v) is 3.96. The number of benzene rings is 1. The SMILES string of the molecule is CCN(CC1CCCO1)C(=O)C=Cc1ccc(C(=O)NC)cc1. The topological polar surface area (TPSA) is 58.6 Å². The average molecular weight is 316 g/mol. The zero-order valence-corrected chi connectivity index (χ0v) is 13.7. The molecule has 0 spiro atoms. The predicted octanol–water partition coefficient (Wildman–Crippen LogP) is 2.09. The zero-order valence-electron chi connectivity index (χ0n) is 13.7. The summed E-state index contributed by atoms with van der Waals surface area (Å²) < 4.78 is 5.59. The molecule has 1 N–H and O–H groups in total. The molecule has 1 aliphatic heterocycles. The highest BCUT2D eigenvalue weighted by Gasteiger charge is 2.20. The van der Waals surface area contributed by atoms with Gasteiger partial charge >= 0.3 is 0 Å². The van der Waals surface area contributed by atoms with E-state index in [0.717, 1.165) is 25.0 Å². The van der Waals surface area contributed by atoms with E-state index in [1.54, 1.807) is 36.2 Å². The van der Waals surface area contributed by atoms with Gasteiger partial charge in [-0.05, 0) is 43.5 Å². The number of amides is 2. The van der Waals surface area contributed by atoms with Crippen molar-refractivity contribution in [3.8, 4) is 0 Å². The predicted molar refractivity (Wildman–Crippen MR) is 90.1 cm³/mol. The van der Waals surface area contributed by atoms with Crippen LogP contribution in [0.3, 0.4) is 0 Å². The number of nitrogens with zero attached hydrogens (tertiary/aromatic N) is 1. The molecular weight excluding hydrogens is 292 g/mol. The molecule has 1 atom stereocenters. The second kappa shape index (κ2) is 8.48. The lowest BCUT2D eigenvalue weighted by molar-refractivity contribution is -0.127. The maximum atomic E-state index is 12.3. The second-order valence-corrected chi connectivity index (χ2v) is 5.55.